The third-order valence-electron chi connectivity index (χ3n) is 6.41. The fraction of sp³-hybridized carbons (Fsp3) is 0.321. The Hall–Kier alpha value is -3.32. The summed E-state index contributed by atoms with van der Waals surface area (Å²) in [6, 6.07) is 23.8. The molecule has 4 rings (SSSR count). The molecule has 3 aromatic rings. The van der Waals surface area contributed by atoms with Crippen molar-refractivity contribution >= 4 is 27.3 Å². The molecule has 7 heteroatoms. The van der Waals surface area contributed by atoms with Gasteiger partial charge in [0.2, 0.25) is 5.91 Å². The van der Waals surface area contributed by atoms with Crippen LogP contribution in [0.1, 0.15) is 37.3 Å². The summed E-state index contributed by atoms with van der Waals surface area (Å²) in [5, 5.41) is 2.90. The summed E-state index contributed by atoms with van der Waals surface area (Å²) in [5.41, 5.74) is 3.58. The molecule has 0 spiro atoms. The fourth-order valence-corrected chi connectivity index (χ4v) is 5.92. The van der Waals surface area contributed by atoms with E-state index in [1.54, 1.807) is 42.5 Å². The van der Waals surface area contributed by atoms with E-state index in [1.165, 1.54) is 29.3 Å². The van der Waals surface area contributed by atoms with Gasteiger partial charge in [-0.05, 0) is 67.1 Å². The molecule has 0 radical (unpaired) electrons. The number of amides is 1. The average molecular weight is 492 g/mol. The zero-order valence-corrected chi connectivity index (χ0v) is 21.0. The number of anilines is 2. The minimum atomic E-state index is -3.92. The number of piperidine rings is 1. The summed E-state index contributed by atoms with van der Waals surface area (Å²) in [4.78, 5) is 15.5. The Labute approximate surface area is 208 Å². The molecule has 1 aliphatic heterocycles. The second-order valence-corrected chi connectivity index (χ2v) is 10.7. The lowest BCUT2D eigenvalue weighted by atomic mass is 10.1. The summed E-state index contributed by atoms with van der Waals surface area (Å²) in [6.45, 7) is 4.19. The molecule has 0 atom stereocenters. The highest BCUT2D eigenvalue weighted by atomic mass is 32.2. The maximum Gasteiger partial charge on any atom is 0.264 e. The van der Waals surface area contributed by atoms with Gasteiger partial charge in [-0.25, -0.2) is 8.42 Å². The number of aryl methyl sites for hydroxylation is 1. The van der Waals surface area contributed by atoms with Crippen LogP contribution < -0.4 is 14.5 Å². The van der Waals surface area contributed by atoms with Gasteiger partial charge >= 0.3 is 0 Å². The van der Waals surface area contributed by atoms with Crippen LogP contribution in [-0.2, 0) is 27.8 Å². The molecule has 1 amide bonds. The first-order valence-electron chi connectivity index (χ1n) is 12.3. The van der Waals surface area contributed by atoms with E-state index in [9.17, 15) is 13.2 Å². The summed E-state index contributed by atoms with van der Waals surface area (Å²) >= 11 is 0. The minimum absolute atomic E-state index is 0.159. The van der Waals surface area contributed by atoms with Gasteiger partial charge in [-0.2, -0.15) is 0 Å². The molecule has 1 N–H and O–H groups in total. The molecule has 184 valence electrons. The van der Waals surface area contributed by atoms with E-state index in [0.29, 0.717) is 18.7 Å². The van der Waals surface area contributed by atoms with Crippen molar-refractivity contribution in [1.82, 2.24) is 5.32 Å². The summed E-state index contributed by atoms with van der Waals surface area (Å²) in [5.74, 6) is -0.351. The third-order valence-corrected chi connectivity index (χ3v) is 8.18. The molecule has 1 saturated heterocycles. The Morgan fingerprint density at radius 1 is 0.886 bits per heavy atom. The Bertz CT molecular complexity index is 1220. The monoisotopic (exact) mass is 491 g/mol. The Kier molecular flexibility index (Phi) is 8.08. The molecule has 3 aromatic carbocycles. The molecule has 0 saturated carbocycles. The second-order valence-electron chi connectivity index (χ2n) is 8.80. The quantitative estimate of drug-likeness (QED) is 0.469. The van der Waals surface area contributed by atoms with Crippen LogP contribution in [0.15, 0.2) is 83.8 Å². The van der Waals surface area contributed by atoms with Crippen molar-refractivity contribution in [3.63, 3.8) is 0 Å². The number of nitrogens with zero attached hydrogens (tertiary/aromatic N) is 2. The lowest BCUT2D eigenvalue weighted by Gasteiger charge is -2.29. The lowest BCUT2D eigenvalue weighted by molar-refractivity contribution is -0.119. The van der Waals surface area contributed by atoms with Crippen molar-refractivity contribution in [2.24, 2.45) is 0 Å². The van der Waals surface area contributed by atoms with Crippen molar-refractivity contribution < 1.29 is 13.2 Å². The molecule has 1 fully saturated rings. The van der Waals surface area contributed by atoms with Gasteiger partial charge in [-0.15, -0.1) is 0 Å². The normalized spacial score (nSPS) is 13.9. The van der Waals surface area contributed by atoms with E-state index >= 15 is 0 Å². The third kappa shape index (κ3) is 6.03. The van der Waals surface area contributed by atoms with E-state index in [-0.39, 0.29) is 17.3 Å². The van der Waals surface area contributed by atoms with Crippen molar-refractivity contribution in [2.75, 3.05) is 28.8 Å². The van der Waals surface area contributed by atoms with Gasteiger partial charge < -0.3 is 10.2 Å². The highest BCUT2D eigenvalue weighted by Crippen LogP contribution is 2.27. The van der Waals surface area contributed by atoms with Gasteiger partial charge in [0, 0.05) is 25.3 Å². The lowest BCUT2D eigenvalue weighted by Crippen LogP contribution is -2.41. The molecule has 0 unspecified atom stereocenters. The highest BCUT2D eigenvalue weighted by Gasteiger charge is 2.28. The van der Waals surface area contributed by atoms with Crippen LogP contribution in [0.5, 0.6) is 0 Å². The van der Waals surface area contributed by atoms with Crippen molar-refractivity contribution in [3.8, 4) is 0 Å². The number of hydrogen-bond donors (Lipinski definition) is 1. The molecule has 35 heavy (non-hydrogen) atoms. The smallest absolute Gasteiger partial charge is 0.264 e. The number of carbonyl (C=O) groups excluding carboxylic acids is 1. The number of para-hydroxylation sites is 1. The number of sulfonamides is 1. The number of rotatable bonds is 9. The summed E-state index contributed by atoms with van der Waals surface area (Å²) in [6.07, 6.45) is 4.39. The number of hydrogen-bond acceptors (Lipinski definition) is 4. The van der Waals surface area contributed by atoms with E-state index in [4.69, 9.17) is 0 Å². The summed E-state index contributed by atoms with van der Waals surface area (Å²) in [7, 11) is -3.92. The number of carbonyl (C=O) groups is 1. The van der Waals surface area contributed by atoms with Crippen molar-refractivity contribution in [1.29, 1.82) is 0 Å². The molecule has 0 aromatic heterocycles. The predicted octanol–water partition coefficient (Wildman–Crippen LogP) is 4.75. The Morgan fingerprint density at radius 3 is 2.23 bits per heavy atom. The largest absolute Gasteiger partial charge is 0.372 e. The van der Waals surface area contributed by atoms with Crippen LogP contribution >= 0.6 is 0 Å². The predicted molar refractivity (Wildman–Crippen MR) is 141 cm³/mol. The first kappa shape index (κ1) is 24.8. The average Bonchev–Trinajstić information content (AvgIpc) is 2.91. The van der Waals surface area contributed by atoms with Crippen LogP contribution in [0.4, 0.5) is 11.4 Å². The van der Waals surface area contributed by atoms with E-state index in [1.807, 2.05) is 31.2 Å². The van der Waals surface area contributed by atoms with Crippen LogP contribution in [0, 0.1) is 0 Å². The van der Waals surface area contributed by atoms with Gasteiger partial charge in [0.25, 0.3) is 10.0 Å². The molecular weight excluding hydrogens is 458 g/mol. The fourth-order valence-electron chi connectivity index (χ4n) is 4.44. The van der Waals surface area contributed by atoms with Gasteiger partial charge in [-0.1, -0.05) is 55.5 Å². The van der Waals surface area contributed by atoms with Crippen LogP contribution in [0.3, 0.4) is 0 Å². The molecule has 0 bridgehead atoms. The minimum Gasteiger partial charge on any atom is -0.372 e. The standard InChI is InChI=1S/C28H33N3O3S/c1-2-24-11-7-8-14-27(24)31(35(33,34)26-12-5-3-6-13-26)22-28(32)29-21-23-15-17-25(18-16-23)30-19-9-4-10-20-30/h3,5-8,11-18H,2,4,9-10,19-22H2,1H3,(H,29,32). The molecule has 0 aliphatic carbocycles. The highest BCUT2D eigenvalue weighted by molar-refractivity contribution is 7.92. The van der Waals surface area contributed by atoms with Crippen molar-refractivity contribution in [2.45, 2.75) is 44.0 Å². The summed E-state index contributed by atoms with van der Waals surface area (Å²) < 4.78 is 28.3. The second kappa shape index (κ2) is 11.4. The van der Waals surface area contributed by atoms with Gasteiger partial charge in [0.15, 0.2) is 0 Å². The molecule has 1 heterocycles. The van der Waals surface area contributed by atoms with E-state index in [0.717, 1.165) is 24.2 Å². The molecule has 6 nitrogen and oxygen atoms in total. The van der Waals surface area contributed by atoms with Crippen LogP contribution in [0.25, 0.3) is 0 Å². The maximum atomic E-state index is 13.5. The molecule has 1 aliphatic rings. The first-order chi connectivity index (χ1) is 17.0. The maximum absolute atomic E-state index is 13.5. The zero-order chi connectivity index (χ0) is 24.7. The van der Waals surface area contributed by atoms with Gasteiger partial charge in [0.05, 0.1) is 10.6 Å². The van der Waals surface area contributed by atoms with E-state index < -0.39 is 10.0 Å². The molecular formula is C28H33N3O3S. The zero-order valence-electron chi connectivity index (χ0n) is 20.2. The van der Waals surface area contributed by atoms with E-state index in [2.05, 4.69) is 22.3 Å². The first-order valence-corrected chi connectivity index (χ1v) is 13.7. The number of nitrogens with one attached hydrogen (secondary N) is 1. The van der Waals surface area contributed by atoms with Gasteiger partial charge in [-0.3, -0.25) is 9.10 Å². The van der Waals surface area contributed by atoms with Crippen molar-refractivity contribution in [3.05, 3.63) is 90.0 Å². The Balaban J connectivity index is 1.48. The van der Waals surface area contributed by atoms with Gasteiger partial charge in [0.1, 0.15) is 6.54 Å². The Morgan fingerprint density at radius 2 is 1.54 bits per heavy atom. The number of benzene rings is 3. The van der Waals surface area contributed by atoms with Crippen LogP contribution in [-0.4, -0.2) is 34.0 Å². The topological polar surface area (TPSA) is 69.7 Å². The SMILES string of the molecule is CCc1ccccc1N(CC(=O)NCc1ccc(N2CCCCC2)cc1)S(=O)(=O)c1ccccc1. The van der Waals surface area contributed by atoms with Crippen LogP contribution in [0.2, 0.25) is 0 Å².